The van der Waals surface area contributed by atoms with Crippen LogP contribution in [0, 0.1) is 0 Å². The quantitative estimate of drug-likeness (QED) is 0.340. The predicted octanol–water partition coefficient (Wildman–Crippen LogP) is 2.92. The minimum absolute atomic E-state index is 0.0278. The van der Waals surface area contributed by atoms with Crippen LogP contribution in [0.4, 0.5) is 5.95 Å². The van der Waals surface area contributed by atoms with Gasteiger partial charge in [0, 0.05) is 75.0 Å². The number of pyridine rings is 1. The zero-order valence-electron chi connectivity index (χ0n) is 21.6. The fourth-order valence-electron chi connectivity index (χ4n) is 4.69. The molecule has 12 heteroatoms. The highest BCUT2D eigenvalue weighted by atomic mass is 35.5. The summed E-state index contributed by atoms with van der Waals surface area (Å²) in [6, 6.07) is 5.55. The SMILES string of the molecule is C=CC(=O)N1CCN(CCc2nnc3c(-c4cc(OC)cc(OC)c4Cl)cc4cnc(NC)nc4n23)CC1. The van der Waals surface area contributed by atoms with Gasteiger partial charge in [-0.05, 0) is 18.2 Å². The van der Waals surface area contributed by atoms with E-state index in [1.807, 2.05) is 21.4 Å². The molecule has 1 fully saturated rings. The Labute approximate surface area is 225 Å². The van der Waals surface area contributed by atoms with Crippen molar-refractivity contribution >= 4 is 40.1 Å². The summed E-state index contributed by atoms with van der Waals surface area (Å²) in [6.07, 6.45) is 3.78. The molecule has 1 N–H and O–H groups in total. The first-order valence-corrected chi connectivity index (χ1v) is 12.6. The molecule has 3 aromatic heterocycles. The van der Waals surface area contributed by atoms with E-state index >= 15 is 0 Å². The average Bonchev–Trinajstić information content (AvgIpc) is 3.40. The number of aromatic nitrogens is 5. The van der Waals surface area contributed by atoms with Gasteiger partial charge in [0.05, 0.1) is 19.2 Å². The number of methoxy groups -OCH3 is 2. The van der Waals surface area contributed by atoms with E-state index in [4.69, 9.17) is 26.1 Å². The molecule has 1 aliphatic heterocycles. The van der Waals surface area contributed by atoms with Gasteiger partial charge in [0.2, 0.25) is 11.9 Å². The molecule has 5 rings (SSSR count). The van der Waals surface area contributed by atoms with E-state index in [2.05, 4.69) is 32.0 Å². The van der Waals surface area contributed by atoms with Gasteiger partial charge in [-0.1, -0.05) is 18.2 Å². The summed E-state index contributed by atoms with van der Waals surface area (Å²) in [4.78, 5) is 25.2. The van der Waals surface area contributed by atoms with Crippen LogP contribution in [-0.2, 0) is 11.2 Å². The van der Waals surface area contributed by atoms with E-state index < -0.39 is 0 Å². The van der Waals surface area contributed by atoms with Crippen LogP contribution in [0.2, 0.25) is 5.02 Å². The van der Waals surface area contributed by atoms with Gasteiger partial charge in [0.15, 0.2) is 11.3 Å². The van der Waals surface area contributed by atoms with Crippen LogP contribution < -0.4 is 14.8 Å². The molecule has 0 spiro atoms. The molecule has 0 bridgehead atoms. The number of nitrogens with one attached hydrogen (secondary N) is 1. The van der Waals surface area contributed by atoms with Gasteiger partial charge in [0.25, 0.3) is 0 Å². The maximum Gasteiger partial charge on any atom is 0.246 e. The summed E-state index contributed by atoms with van der Waals surface area (Å²) < 4.78 is 13.0. The van der Waals surface area contributed by atoms with Crippen LogP contribution in [0.15, 0.2) is 37.1 Å². The second-order valence-corrected chi connectivity index (χ2v) is 9.25. The predicted molar refractivity (Wildman–Crippen MR) is 146 cm³/mol. The van der Waals surface area contributed by atoms with Crippen molar-refractivity contribution in [2.75, 3.05) is 59.3 Å². The highest BCUT2D eigenvalue weighted by Crippen LogP contribution is 2.41. The second-order valence-electron chi connectivity index (χ2n) is 8.87. The third kappa shape index (κ3) is 4.70. The first-order valence-electron chi connectivity index (χ1n) is 12.2. The number of carbonyl (C=O) groups excluding carboxylic acids is 1. The molecule has 1 amide bonds. The molecule has 1 aromatic carbocycles. The maximum absolute atomic E-state index is 11.9. The number of hydrogen-bond acceptors (Lipinski definition) is 9. The lowest BCUT2D eigenvalue weighted by Gasteiger charge is -2.34. The standard InChI is InChI=1S/C26H29ClN8O3/c1-5-22(36)34-10-8-33(9-11-34)7-6-21-31-32-25-19(18-13-17(37-3)14-20(38-4)23(18)27)12-16-15-29-26(28-2)30-24(16)35(21)25/h5,12-15H,1,6-11H2,2-4H3,(H,28,29,30). The van der Waals surface area contributed by atoms with Gasteiger partial charge in [0.1, 0.15) is 17.3 Å². The third-order valence-electron chi connectivity index (χ3n) is 6.77. The Kier molecular flexibility index (Phi) is 7.30. The molecular weight excluding hydrogens is 508 g/mol. The minimum atomic E-state index is -0.0278. The lowest BCUT2D eigenvalue weighted by Crippen LogP contribution is -2.48. The van der Waals surface area contributed by atoms with Gasteiger partial charge < -0.3 is 19.7 Å². The Hall–Kier alpha value is -3.96. The monoisotopic (exact) mass is 536 g/mol. The molecule has 0 atom stereocenters. The number of carbonyl (C=O) groups is 1. The van der Waals surface area contributed by atoms with Crippen LogP contribution in [0.5, 0.6) is 11.5 Å². The van der Waals surface area contributed by atoms with E-state index in [0.29, 0.717) is 58.8 Å². The van der Waals surface area contributed by atoms with E-state index in [-0.39, 0.29) is 5.91 Å². The van der Waals surface area contributed by atoms with E-state index in [1.54, 1.807) is 33.5 Å². The van der Waals surface area contributed by atoms with Gasteiger partial charge in [-0.25, -0.2) is 4.98 Å². The van der Waals surface area contributed by atoms with Crippen molar-refractivity contribution in [3.8, 4) is 22.6 Å². The molecule has 1 saturated heterocycles. The zero-order valence-corrected chi connectivity index (χ0v) is 22.3. The third-order valence-corrected chi connectivity index (χ3v) is 7.16. The topological polar surface area (TPSA) is 110 Å². The first kappa shape index (κ1) is 25.7. The summed E-state index contributed by atoms with van der Waals surface area (Å²) in [6.45, 7) is 7.27. The summed E-state index contributed by atoms with van der Waals surface area (Å²) in [5.74, 6) is 2.34. The summed E-state index contributed by atoms with van der Waals surface area (Å²) in [7, 11) is 4.94. The van der Waals surface area contributed by atoms with Crippen LogP contribution in [0.3, 0.4) is 0 Å². The minimum Gasteiger partial charge on any atom is -0.497 e. The molecule has 0 aliphatic carbocycles. The van der Waals surface area contributed by atoms with E-state index in [9.17, 15) is 4.79 Å². The number of fused-ring (bicyclic) bond motifs is 3. The van der Waals surface area contributed by atoms with Crippen molar-refractivity contribution < 1.29 is 14.3 Å². The van der Waals surface area contributed by atoms with Crippen LogP contribution >= 0.6 is 11.6 Å². The Bertz CT molecular complexity index is 1510. The van der Waals surface area contributed by atoms with Crippen molar-refractivity contribution in [2.24, 2.45) is 0 Å². The van der Waals surface area contributed by atoms with Crippen molar-refractivity contribution in [1.82, 2.24) is 34.4 Å². The Morgan fingerprint density at radius 1 is 1.11 bits per heavy atom. The first-order chi connectivity index (χ1) is 18.5. The van der Waals surface area contributed by atoms with Crippen LogP contribution in [-0.4, -0.2) is 94.3 Å². The fraction of sp³-hybridized carbons (Fsp3) is 0.346. The second kappa shape index (κ2) is 10.8. The number of benzene rings is 1. The van der Waals surface area contributed by atoms with Crippen molar-refractivity contribution in [3.63, 3.8) is 0 Å². The molecule has 198 valence electrons. The van der Waals surface area contributed by atoms with Crippen LogP contribution in [0.25, 0.3) is 27.8 Å². The summed E-state index contributed by atoms with van der Waals surface area (Å²) in [5.41, 5.74) is 2.77. The lowest BCUT2D eigenvalue weighted by molar-refractivity contribution is -0.127. The smallest absolute Gasteiger partial charge is 0.246 e. The number of ether oxygens (including phenoxy) is 2. The summed E-state index contributed by atoms with van der Waals surface area (Å²) in [5, 5.41) is 13.4. The van der Waals surface area contributed by atoms with Crippen LogP contribution in [0.1, 0.15) is 5.82 Å². The highest BCUT2D eigenvalue weighted by molar-refractivity contribution is 6.35. The van der Waals surface area contributed by atoms with Crippen molar-refractivity contribution in [2.45, 2.75) is 6.42 Å². The van der Waals surface area contributed by atoms with E-state index in [0.717, 1.165) is 36.4 Å². The number of halogens is 1. The highest BCUT2D eigenvalue weighted by Gasteiger charge is 2.23. The number of hydrogen-bond donors (Lipinski definition) is 1. The summed E-state index contributed by atoms with van der Waals surface area (Å²) >= 11 is 6.77. The number of piperazine rings is 1. The Morgan fingerprint density at radius 2 is 1.89 bits per heavy atom. The number of nitrogens with zero attached hydrogens (tertiary/aromatic N) is 7. The molecule has 4 aromatic rings. The van der Waals surface area contributed by atoms with Gasteiger partial charge >= 0.3 is 0 Å². The van der Waals surface area contributed by atoms with Crippen molar-refractivity contribution in [1.29, 1.82) is 0 Å². The molecule has 11 nitrogen and oxygen atoms in total. The molecule has 0 radical (unpaired) electrons. The number of rotatable bonds is 8. The fourth-order valence-corrected chi connectivity index (χ4v) is 4.98. The van der Waals surface area contributed by atoms with Gasteiger partial charge in [-0.2, -0.15) is 4.98 Å². The average molecular weight is 537 g/mol. The normalized spacial score (nSPS) is 14.2. The molecule has 1 aliphatic rings. The van der Waals surface area contributed by atoms with Gasteiger partial charge in [-0.15, -0.1) is 10.2 Å². The van der Waals surface area contributed by atoms with E-state index in [1.165, 1.54) is 6.08 Å². The largest absolute Gasteiger partial charge is 0.497 e. The lowest BCUT2D eigenvalue weighted by atomic mass is 10.0. The molecule has 0 saturated carbocycles. The maximum atomic E-state index is 11.9. The van der Waals surface area contributed by atoms with Gasteiger partial charge in [-0.3, -0.25) is 14.1 Å². The molecule has 38 heavy (non-hydrogen) atoms. The molecule has 0 unspecified atom stereocenters. The zero-order chi connectivity index (χ0) is 26.8. The Balaban J connectivity index is 1.57. The molecular formula is C26H29ClN8O3. The number of amides is 1. The Morgan fingerprint density at radius 3 is 2.58 bits per heavy atom. The molecule has 4 heterocycles. The van der Waals surface area contributed by atoms with Crippen molar-refractivity contribution in [3.05, 3.63) is 47.9 Å². The number of anilines is 1.